The van der Waals surface area contributed by atoms with E-state index in [0.29, 0.717) is 31.5 Å². The number of fused-ring (bicyclic) bond motifs is 7. The average Bonchev–Trinajstić information content (AvgIpc) is 2.68. The predicted molar refractivity (Wildman–Crippen MR) is 103 cm³/mol. The van der Waals surface area contributed by atoms with Crippen molar-refractivity contribution in [3.63, 3.8) is 0 Å². The van der Waals surface area contributed by atoms with Crippen molar-refractivity contribution in [1.82, 2.24) is 9.97 Å². The molecule has 27 heavy (non-hydrogen) atoms. The van der Waals surface area contributed by atoms with Gasteiger partial charge in [-0.1, -0.05) is 18.2 Å². The average molecular weight is 361 g/mol. The molecule has 1 aromatic heterocycles. The van der Waals surface area contributed by atoms with Gasteiger partial charge in [-0.3, -0.25) is 0 Å². The molecule has 0 unspecified atom stereocenters. The van der Waals surface area contributed by atoms with E-state index in [4.69, 9.17) is 9.47 Å². The number of aromatic nitrogens is 2. The van der Waals surface area contributed by atoms with Gasteiger partial charge in [-0.2, -0.15) is 0 Å². The minimum atomic E-state index is 0.0877. The Hall–Kier alpha value is -3.38. The fraction of sp³-hybridized carbons (Fsp3) is 0.143. The highest BCUT2D eigenvalue weighted by Crippen LogP contribution is 2.31. The zero-order chi connectivity index (χ0) is 18.5. The Labute approximate surface area is 157 Å². The summed E-state index contributed by atoms with van der Waals surface area (Å²) >= 11 is 0. The van der Waals surface area contributed by atoms with Gasteiger partial charge in [0.25, 0.3) is 0 Å². The summed E-state index contributed by atoms with van der Waals surface area (Å²) in [6.07, 6.45) is 5.46. The second-order valence-corrected chi connectivity index (χ2v) is 6.07. The molecule has 0 amide bonds. The van der Waals surface area contributed by atoms with E-state index in [1.165, 1.54) is 0 Å². The molecule has 6 bridgehead atoms. The number of anilines is 2. The summed E-state index contributed by atoms with van der Waals surface area (Å²) < 4.78 is 11.3. The molecule has 6 nitrogen and oxygen atoms in total. The Balaban J connectivity index is 1.72. The van der Waals surface area contributed by atoms with Gasteiger partial charge in [0.15, 0.2) is 11.5 Å². The zero-order valence-electron chi connectivity index (χ0n) is 14.6. The summed E-state index contributed by atoms with van der Waals surface area (Å²) in [5.41, 5.74) is 3.51. The van der Waals surface area contributed by atoms with Crippen LogP contribution in [0.4, 0.5) is 11.6 Å². The molecule has 0 saturated heterocycles. The van der Waals surface area contributed by atoms with Gasteiger partial charge in [-0.25, -0.2) is 9.97 Å². The van der Waals surface area contributed by atoms with E-state index in [1.807, 2.05) is 42.5 Å². The van der Waals surface area contributed by atoms with Gasteiger partial charge in [0.2, 0.25) is 5.95 Å². The molecule has 136 valence electrons. The maximum absolute atomic E-state index is 10.0. The number of hydrogen-bond donors (Lipinski definition) is 2. The Morgan fingerprint density at radius 1 is 1.00 bits per heavy atom. The molecule has 0 saturated carbocycles. The molecule has 0 fully saturated rings. The fourth-order valence-electron chi connectivity index (χ4n) is 2.76. The molecule has 0 aliphatic carbocycles. The van der Waals surface area contributed by atoms with Crippen LogP contribution in [0.15, 0.2) is 66.9 Å². The lowest BCUT2D eigenvalue weighted by molar-refractivity contribution is 0.148. The first-order valence-electron chi connectivity index (χ1n) is 8.66. The summed E-state index contributed by atoms with van der Waals surface area (Å²) in [5.74, 6) is 0.985. The third-order valence-electron chi connectivity index (χ3n) is 4.08. The molecule has 0 spiro atoms. The number of hydrogen-bond acceptors (Lipinski definition) is 6. The second kappa shape index (κ2) is 7.88. The van der Waals surface area contributed by atoms with E-state index in [2.05, 4.69) is 15.3 Å². The maximum atomic E-state index is 10.0. The van der Waals surface area contributed by atoms with Crippen molar-refractivity contribution >= 4 is 11.6 Å². The highest BCUT2D eigenvalue weighted by atomic mass is 16.5. The Morgan fingerprint density at radius 2 is 1.93 bits per heavy atom. The number of nitrogens with zero attached hydrogens (tertiary/aromatic N) is 2. The van der Waals surface area contributed by atoms with E-state index in [1.54, 1.807) is 24.4 Å². The third-order valence-corrected chi connectivity index (χ3v) is 4.08. The number of phenolic OH excluding ortho intramolecular Hbond substituents is 1. The molecule has 6 heteroatoms. The van der Waals surface area contributed by atoms with Gasteiger partial charge in [-0.05, 0) is 48.0 Å². The van der Waals surface area contributed by atoms with Crippen LogP contribution in [-0.2, 0) is 11.3 Å². The predicted octanol–water partition coefficient (Wildman–Crippen LogP) is 4.06. The van der Waals surface area contributed by atoms with Crippen LogP contribution in [0, 0.1) is 0 Å². The second-order valence-electron chi connectivity index (χ2n) is 6.07. The summed E-state index contributed by atoms with van der Waals surface area (Å²) in [5, 5.41) is 13.3. The van der Waals surface area contributed by atoms with Gasteiger partial charge in [-0.15, -0.1) is 0 Å². The smallest absolute Gasteiger partial charge is 0.227 e. The molecule has 0 atom stereocenters. The van der Waals surface area contributed by atoms with Gasteiger partial charge >= 0.3 is 0 Å². The van der Waals surface area contributed by atoms with Crippen molar-refractivity contribution in [1.29, 1.82) is 0 Å². The first kappa shape index (κ1) is 17.1. The third kappa shape index (κ3) is 4.24. The zero-order valence-corrected chi connectivity index (χ0v) is 14.6. The molecule has 2 N–H and O–H groups in total. The summed E-state index contributed by atoms with van der Waals surface area (Å²) in [7, 11) is 0. The molecule has 0 radical (unpaired) electrons. The summed E-state index contributed by atoms with van der Waals surface area (Å²) in [4.78, 5) is 8.87. The number of ether oxygens (including phenoxy) is 2. The van der Waals surface area contributed by atoms with Crippen molar-refractivity contribution in [2.45, 2.75) is 6.61 Å². The van der Waals surface area contributed by atoms with Crippen LogP contribution in [0.2, 0.25) is 0 Å². The fourth-order valence-corrected chi connectivity index (χ4v) is 2.76. The Morgan fingerprint density at radius 3 is 2.89 bits per heavy atom. The lowest BCUT2D eigenvalue weighted by atomic mass is 10.1. The normalized spacial score (nSPS) is 15.1. The lowest BCUT2D eigenvalue weighted by Gasteiger charge is -2.10. The van der Waals surface area contributed by atoms with E-state index in [-0.39, 0.29) is 5.75 Å². The van der Waals surface area contributed by atoms with Crippen molar-refractivity contribution in [2.24, 2.45) is 0 Å². The molecule has 1 aliphatic rings. The van der Waals surface area contributed by atoms with E-state index in [0.717, 1.165) is 22.5 Å². The highest BCUT2D eigenvalue weighted by molar-refractivity contribution is 5.65. The van der Waals surface area contributed by atoms with Gasteiger partial charge in [0.1, 0.15) is 6.61 Å². The quantitative estimate of drug-likeness (QED) is 0.588. The van der Waals surface area contributed by atoms with Crippen LogP contribution in [0.25, 0.3) is 11.3 Å². The lowest BCUT2D eigenvalue weighted by Crippen LogP contribution is -1.99. The van der Waals surface area contributed by atoms with E-state index < -0.39 is 0 Å². The van der Waals surface area contributed by atoms with Crippen LogP contribution in [0.5, 0.6) is 11.5 Å². The molecule has 2 heterocycles. The number of rotatable bonds is 0. The Bertz CT molecular complexity index is 972. The molecule has 2 aromatic carbocycles. The van der Waals surface area contributed by atoms with Crippen LogP contribution in [-0.4, -0.2) is 28.3 Å². The van der Waals surface area contributed by atoms with Crippen molar-refractivity contribution < 1.29 is 14.6 Å². The maximum Gasteiger partial charge on any atom is 0.227 e. The minimum absolute atomic E-state index is 0.0877. The molecule has 3 aromatic rings. The summed E-state index contributed by atoms with van der Waals surface area (Å²) in [6, 6.07) is 14.9. The minimum Gasteiger partial charge on any atom is -0.504 e. The van der Waals surface area contributed by atoms with Crippen LogP contribution >= 0.6 is 0 Å². The first-order valence-corrected chi connectivity index (χ1v) is 8.66. The van der Waals surface area contributed by atoms with Crippen LogP contribution in [0.3, 0.4) is 0 Å². The number of phenols is 1. The standard InChI is InChI=1S/C21H19N3O3/c25-19-7-6-16-13-20(19)27-11-2-1-10-26-14-15-4-3-5-17(12-15)23-21-22-9-8-18(16)24-21/h1-9,12-13,25H,10-11,14H2,(H,22,23,24)/b2-1+. The first-order chi connectivity index (χ1) is 13.3. The van der Waals surface area contributed by atoms with Gasteiger partial charge in [0.05, 0.1) is 18.9 Å². The number of benzene rings is 2. The van der Waals surface area contributed by atoms with Gasteiger partial charge in [0, 0.05) is 17.4 Å². The monoisotopic (exact) mass is 361 g/mol. The SMILES string of the molecule is Oc1ccc2cc1OC/C=C/COCc1cccc(c1)Nc1nccc-2n1. The van der Waals surface area contributed by atoms with Gasteiger partial charge < -0.3 is 19.9 Å². The number of nitrogens with one attached hydrogen (secondary N) is 1. The highest BCUT2D eigenvalue weighted by Gasteiger charge is 2.08. The molecule has 1 aliphatic heterocycles. The largest absolute Gasteiger partial charge is 0.504 e. The van der Waals surface area contributed by atoms with Crippen molar-refractivity contribution in [3.8, 4) is 22.8 Å². The van der Waals surface area contributed by atoms with Crippen molar-refractivity contribution in [3.05, 3.63) is 72.4 Å². The Kier molecular flexibility index (Phi) is 4.98. The number of aromatic hydroxyl groups is 1. The molecule has 4 rings (SSSR count). The van der Waals surface area contributed by atoms with Crippen LogP contribution in [0.1, 0.15) is 5.56 Å². The van der Waals surface area contributed by atoms with E-state index >= 15 is 0 Å². The summed E-state index contributed by atoms with van der Waals surface area (Å²) in [6.45, 7) is 1.33. The van der Waals surface area contributed by atoms with E-state index in [9.17, 15) is 5.11 Å². The molecular weight excluding hydrogens is 342 g/mol. The van der Waals surface area contributed by atoms with Crippen molar-refractivity contribution in [2.75, 3.05) is 18.5 Å². The van der Waals surface area contributed by atoms with Crippen LogP contribution < -0.4 is 10.1 Å². The molecular formula is C21H19N3O3. The topological polar surface area (TPSA) is 76.5 Å².